The Hall–Kier alpha value is -2.63. The van der Waals surface area contributed by atoms with E-state index in [4.69, 9.17) is 0 Å². The standard InChI is InChI=1S/C15H8F4N2/c16-11-13(12(17)15(19)21-14(11)18)20-10-7-3-5-8-4-1-2-6-9(8)10/h1-7H,(H,20,21). The minimum atomic E-state index is -1.70. The summed E-state index contributed by atoms with van der Waals surface area (Å²) in [5.74, 6) is -6.53. The van der Waals surface area contributed by atoms with Crippen molar-refractivity contribution in [3.63, 3.8) is 0 Å². The van der Waals surface area contributed by atoms with Crippen LogP contribution in [0, 0.1) is 23.5 Å². The Balaban J connectivity index is 2.16. The fraction of sp³-hybridized carbons (Fsp3) is 0. The van der Waals surface area contributed by atoms with Gasteiger partial charge >= 0.3 is 0 Å². The molecule has 21 heavy (non-hydrogen) atoms. The number of halogens is 4. The first-order chi connectivity index (χ1) is 10.1. The largest absolute Gasteiger partial charge is 0.350 e. The predicted molar refractivity (Wildman–Crippen MR) is 71.3 cm³/mol. The molecule has 0 aliphatic heterocycles. The van der Waals surface area contributed by atoms with Gasteiger partial charge in [-0.15, -0.1) is 0 Å². The summed E-state index contributed by atoms with van der Waals surface area (Å²) in [4.78, 5) is 2.51. The number of nitrogens with one attached hydrogen (secondary N) is 1. The maximum Gasteiger partial charge on any atom is 0.253 e. The summed E-state index contributed by atoms with van der Waals surface area (Å²) in [7, 11) is 0. The molecule has 3 rings (SSSR count). The third kappa shape index (κ3) is 2.29. The van der Waals surface area contributed by atoms with Gasteiger partial charge in [-0.3, -0.25) is 0 Å². The molecular formula is C15H8F4N2. The normalized spacial score (nSPS) is 10.9. The zero-order valence-electron chi connectivity index (χ0n) is 10.5. The zero-order chi connectivity index (χ0) is 15.0. The van der Waals surface area contributed by atoms with E-state index >= 15 is 0 Å². The second kappa shape index (κ2) is 5.05. The first kappa shape index (κ1) is 13.4. The van der Waals surface area contributed by atoms with Gasteiger partial charge in [0.1, 0.15) is 5.69 Å². The molecule has 0 saturated carbocycles. The summed E-state index contributed by atoms with van der Waals surface area (Å²) in [5, 5.41) is 3.88. The molecule has 106 valence electrons. The van der Waals surface area contributed by atoms with Gasteiger partial charge in [-0.2, -0.15) is 22.5 Å². The summed E-state index contributed by atoms with van der Waals surface area (Å²) in [6.07, 6.45) is 0. The van der Waals surface area contributed by atoms with Gasteiger partial charge in [-0.1, -0.05) is 36.4 Å². The van der Waals surface area contributed by atoms with Crippen molar-refractivity contribution in [2.24, 2.45) is 0 Å². The number of nitrogens with zero attached hydrogens (tertiary/aromatic N) is 1. The van der Waals surface area contributed by atoms with Gasteiger partial charge in [0.2, 0.25) is 11.6 Å². The Bertz CT molecular complexity index is 802. The van der Waals surface area contributed by atoms with Crippen LogP contribution in [0.3, 0.4) is 0 Å². The molecular weight excluding hydrogens is 284 g/mol. The Morgan fingerprint density at radius 1 is 0.762 bits per heavy atom. The molecule has 2 aromatic carbocycles. The van der Waals surface area contributed by atoms with Gasteiger partial charge in [0.25, 0.3) is 11.9 Å². The molecule has 3 aromatic rings. The topological polar surface area (TPSA) is 24.9 Å². The number of aromatic nitrogens is 1. The van der Waals surface area contributed by atoms with E-state index in [1.807, 2.05) is 0 Å². The van der Waals surface area contributed by atoms with Gasteiger partial charge in [0.05, 0.1) is 0 Å². The van der Waals surface area contributed by atoms with Crippen LogP contribution in [0.4, 0.5) is 28.9 Å². The van der Waals surface area contributed by atoms with Crippen LogP contribution in [-0.2, 0) is 0 Å². The van der Waals surface area contributed by atoms with E-state index in [0.717, 1.165) is 5.39 Å². The SMILES string of the molecule is Fc1nc(F)c(F)c(Nc2cccc3ccccc23)c1F. The quantitative estimate of drug-likeness (QED) is 0.554. The van der Waals surface area contributed by atoms with Gasteiger partial charge < -0.3 is 5.32 Å². The summed E-state index contributed by atoms with van der Waals surface area (Å²) in [6, 6.07) is 12.1. The van der Waals surface area contributed by atoms with Crippen LogP contribution >= 0.6 is 0 Å². The Morgan fingerprint density at radius 2 is 1.38 bits per heavy atom. The van der Waals surface area contributed by atoms with Crippen LogP contribution in [0.1, 0.15) is 0 Å². The predicted octanol–water partition coefficient (Wildman–Crippen LogP) is 4.53. The highest BCUT2D eigenvalue weighted by Crippen LogP contribution is 2.30. The van der Waals surface area contributed by atoms with Crippen LogP contribution in [0.25, 0.3) is 10.8 Å². The molecule has 0 radical (unpaired) electrons. The molecule has 0 amide bonds. The molecule has 0 saturated heterocycles. The average molecular weight is 292 g/mol. The first-order valence-electron chi connectivity index (χ1n) is 6.02. The van der Waals surface area contributed by atoms with E-state index in [-0.39, 0.29) is 0 Å². The number of hydrogen-bond donors (Lipinski definition) is 1. The minimum absolute atomic E-state index is 0.330. The number of anilines is 2. The molecule has 0 unspecified atom stereocenters. The van der Waals surface area contributed by atoms with Crippen LogP contribution < -0.4 is 5.32 Å². The van der Waals surface area contributed by atoms with Crippen molar-refractivity contribution in [1.82, 2.24) is 4.98 Å². The van der Waals surface area contributed by atoms with E-state index in [0.29, 0.717) is 11.1 Å². The molecule has 0 aliphatic carbocycles. The van der Waals surface area contributed by atoms with Crippen LogP contribution in [0.5, 0.6) is 0 Å². The van der Waals surface area contributed by atoms with Crippen LogP contribution in [0.15, 0.2) is 42.5 Å². The third-order valence-electron chi connectivity index (χ3n) is 3.05. The van der Waals surface area contributed by atoms with Crippen LogP contribution in [0.2, 0.25) is 0 Å². The van der Waals surface area contributed by atoms with E-state index < -0.39 is 29.2 Å². The lowest BCUT2D eigenvalue weighted by atomic mass is 10.1. The van der Waals surface area contributed by atoms with E-state index in [2.05, 4.69) is 10.3 Å². The highest BCUT2D eigenvalue weighted by Gasteiger charge is 2.21. The highest BCUT2D eigenvalue weighted by molar-refractivity contribution is 5.95. The monoisotopic (exact) mass is 292 g/mol. The summed E-state index contributed by atoms with van der Waals surface area (Å²) >= 11 is 0. The van der Waals surface area contributed by atoms with E-state index in [1.54, 1.807) is 42.5 Å². The molecule has 0 spiro atoms. The second-order valence-corrected chi connectivity index (χ2v) is 4.35. The molecule has 1 heterocycles. The van der Waals surface area contributed by atoms with Crippen molar-refractivity contribution in [2.45, 2.75) is 0 Å². The Labute approximate surface area is 117 Å². The van der Waals surface area contributed by atoms with E-state index in [1.165, 1.54) is 0 Å². The van der Waals surface area contributed by atoms with Crippen molar-refractivity contribution in [1.29, 1.82) is 0 Å². The number of rotatable bonds is 2. The van der Waals surface area contributed by atoms with Crippen molar-refractivity contribution < 1.29 is 17.6 Å². The Kier molecular flexibility index (Phi) is 3.21. The number of pyridine rings is 1. The zero-order valence-corrected chi connectivity index (χ0v) is 10.5. The number of benzene rings is 2. The molecule has 0 aliphatic rings. The summed E-state index contributed by atoms with van der Waals surface area (Å²) in [5.41, 5.74) is -0.577. The first-order valence-corrected chi connectivity index (χ1v) is 6.02. The summed E-state index contributed by atoms with van der Waals surface area (Å²) in [6.45, 7) is 0. The van der Waals surface area contributed by atoms with Crippen molar-refractivity contribution in [3.8, 4) is 0 Å². The van der Waals surface area contributed by atoms with Crippen LogP contribution in [-0.4, -0.2) is 4.98 Å². The molecule has 1 aromatic heterocycles. The molecule has 6 heteroatoms. The lowest BCUT2D eigenvalue weighted by molar-refractivity contribution is 0.411. The maximum atomic E-state index is 13.6. The van der Waals surface area contributed by atoms with Gasteiger partial charge in [-0.05, 0) is 11.5 Å². The van der Waals surface area contributed by atoms with Gasteiger partial charge in [0, 0.05) is 11.1 Å². The smallest absolute Gasteiger partial charge is 0.253 e. The average Bonchev–Trinajstić information content (AvgIpc) is 2.50. The fourth-order valence-electron chi connectivity index (χ4n) is 2.07. The summed E-state index contributed by atoms with van der Waals surface area (Å²) < 4.78 is 53.5. The van der Waals surface area contributed by atoms with Crippen molar-refractivity contribution in [2.75, 3.05) is 5.32 Å². The minimum Gasteiger partial charge on any atom is -0.350 e. The van der Waals surface area contributed by atoms with Crippen molar-refractivity contribution in [3.05, 3.63) is 66.0 Å². The maximum absolute atomic E-state index is 13.6. The lowest BCUT2D eigenvalue weighted by Gasteiger charge is -2.11. The second-order valence-electron chi connectivity index (χ2n) is 4.35. The number of hydrogen-bond acceptors (Lipinski definition) is 2. The molecule has 0 bridgehead atoms. The van der Waals surface area contributed by atoms with Gasteiger partial charge in [0.15, 0.2) is 0 Å². The molecule has 1 N–H and O–H groups in total. The highest BCUT2D eigenvalue weighted by atomic mass is 19.2. The number of fused-ring (bicyclic) bond motifs is 1. The van der Waals surface area contributed by atoms with Crippen molar-refractivity contribution >= 4 is 22.1 Å². The van der Waals surface area contributed by atoms with E-state index in [9.17, 15) is 17.6 Å². The Morgan fingerprint density at radius 3 is 2.10 bits per heavy atom. The lowest BCUT2D eigenvalue weighted by Crippen LogP contribution is -2.06. The van der Waals surface area contributed by atoms with Gasteiger partial charge in [-0.25, -0.2) is 0 Å². The molecule has 2 nitrogen and oxygen atoms in total. The molecule has 0 atom stereocenters. The molecule has 0 fully saturated rings. The third-order valence-corrected chi connectivity index (χ3v) is 3.05. The fourth-order valence-corrected chi connectivity index (χ4v) is 2.07.